The molecule has 2 aromatic carbocycles. The summed E-state index contributed by atoms with van der Waals surface area (Å²) < 4.78 is 7.60. The van der Waals surface area contributed by atoms with Crippen LogP contribution in [0.3, 0.4) is 0 Å². The molecule has 5 nitrogen and oxygen atoms in total. The number of aliphatic hydroxyl groups excluding tert-OH is 1. The zero-order valence-corrected chi connectivity index (χ0v) is 20.0. The number of para-hydroxylation sites is 1. The van der Waals surface area contributed by atoms with Crippen molar-refractivity contribution in [1.29, 1.82) is 0 Å². The molecule has 4 atom stereocenters. The van der Waals surface area contributed by atoms with Gasteiger partial charge in [-0.1, -0.05) is 25.1 Å². The molecule has 29 heavy (non-hydrogen) atoms. The minimum Gasteiger partial charge on any atom is -0.432 e. The van der Waals surface area contributed by atoms with Crippen LogP contribution in [-0.2, 0) is 15.1 Å². The molecule has 2 aliphatic rings. The fourth-order valence-electron chi connectivity index (χ4n) is 5.21. The number of anilines is 2. The van der Waals surface area contributed by atoms with Gasteiger partial charge in [0.1, 0.15) is 0 Å². The Kier molecular flexibility index (Phi) is 5.40. The molecule has 0 aromatic heterocycles. The molecular weight excluding hydrogens is 497 g/mol. The van der Waals surface area contributed by atoms with Gasteiger partial charge in [0, 0.05) is 32.9 Å². The fourth-order valence-corrected chi connectivity index (χ4v) is 8.30. The Hall–Kier alpha value is -1.26. The number of aliphatic hydroxyl groups is 1. The third-order valence-electron chi connectivity index (χ3n) is 6.28. The summed E-state index contributed by atoms with van der Waals surface area (Å²) in [7, 11) is -2.66. The van der Waals surface area contributed by atoms with Gasteiger partial charge in [-0.3, -0.25) is 9.69 Å². The summed E-state index contributed by atoms with van der Waals surface area (Å²) in [6, 6.07) is 15.6. The molecule has 2 aromatic rings. The number of carbonyl (C=O) groups excluding carboxylic acids is 1. The van der Waals surface area contributed by atoms with E-state index in [1.54, 1.807) is 4.90 Å². The zero-order chi connectivity index (χ0) is 21.0. The maximum Gasteiger partial charge on any atom is 0.268 e. The Bertz CT molecular complexity index is 932. The van der Waals surface area contributed by atoms with Crippen molar-refractivity contribution in [2.24, 2.45) is 5.92 Å². The van der Waals surface area contributed by atoms with E-state index in [2.05, 4.69) is 22.6 Å². The average Bonchev–Trinajstić information content (AvgIpc) is 3.09. The molecule has 2 N–H and O–H groups in total. The second-order valence-electron chi connectivity index (χ2n) is 8.51. The molecule has 4 rings (SSSR count). The summed E-state index contributed by atoms with van der Waals surface area (Å²) in [5.41, 5.74) is 1.18. The molecule has 2 aliphatic heterocycles. The first-order chi connectivity index (χ1) is 13.7. The number of halogens is 1. The van der Waals surface area contributed by atoms with Crippen LogP contribution in [0.4, 0.5) is 11.4 Å². The smallest absolute Gasteiger partial charge is 0.268 e. The van der Waals surface area contributed by atoms with Crippen molar-refractivity contribution < 1.29 is 19.4 Å². The van der Waals surface area contributed by atoms with Gasteiger partial charge in [-0.2, -0.15) is 0 Å². The molecule has 0 unspecified atom stereocenters. The number of ether oxygens (including phenoxy) is 1. The van der Waals surface area contributed by atoms with Crippen LogP contribution in [0.5, 0.6) is 0 Å². The van der Waals surface area contributed by atoms with Gasteiger partial charge in [0.05, 0.1) is 11.8 Å². The third kappa shape index (κ3) is 3.18. The van der Waals surface area contributed by atoms with Crippen LogP contribution in [0.25, 0.3) is 0 Å². The van der Waals surface area contributed by atoms with Crippen molar-refractivity contribution in [2.45, 2.75) is 43.7 Å². The highest BCUT2D eigenvalue weighted by Gasteiger charge is 2.66. The van der Waals surface area contributed by atoms with Crippen molar-refractivity contribution in [1.82, 2.24) is 0 Å². The number of hydrogen-bond donors (Lipinski definition) is 2. The fraction of sp³-hybridized carbons (Fsp3) is 0.409. The second-order valence-corrected chi connectivity index (χ2v) is 13.7. The van der Waals surface area contributed by atoms with Gasteiger partial charge < -0.3 is 14.6 Å². The first-order valence-electron chi connectivity index (χ1n) is 9.92. The first kappa shape index (κ1) is 21.0. The average molecular weight is 523 g/mol. The predicted octanol–water partition coefficient (Wildman–Crippen LogP) is 4.15. The quantitative estimate of drug-likeness (QED) is 0.467. The van der Waals surface area contributed by atoms with Gasteiger partial charge in [-0.25, -0.2) is 0 Å². The van der Waals surface area contributed by atoms with E-state index in [0.29, 0.717) is 6.42 Å². The van der Waals surface area contributed by atoms with Gasteiger partial charge in [0.25, 0.3) is 5.91 Å². The number of nitrogens with zero attached hydrogens (tertiary/aromatic N) is 1. The molecule has 0 aliphatic carbocycles. The molecule has 0 bridgehead atoms. The zero-order valence-electron chi connectivity index (χ0n) is 16.8. The number of amides is 1. The molecule has 1 amide bonds. The van der Waals surface area contributed by atoms with Gasteiger partial charge in [-0.15, -0.1) is 0 Å². The maximum atomic E-state index is 14.0. The van der Waals surface area contributed by atoms with Crippen molar-refractivity contribution in [3.8, 4) is 0 Å². The van der Waals surface area contributed by atoms with E-state index in [0.717, 1.165) is 20.5 Å². The molecule has 0 radical (unpaired) electrons. The Morgan fingerprint density at radius 1 is 1.21 bits per heavy atom. The van der Waals surface area contributed by atoms with Crippen LogP contribution < -0.4 is 4.90 Å². The largest absolute Gasteiger partial charge is 0.432 e. The SMILES string of the molecule is C[C@@H]1[C@@H]([Si](C)(C)O)[C@H](CCO)O[C@@]12C(=O)N(c1ccccc1)c1ccc(I)cc12. The van der Waals surface area contributed by atoms with Crippen molar-refractivity contribution in [3.63, 3.8) is 0 Å². The van der Waals surface area contributed by atoms with Crippen LogP contribution in [0.1, 0.15) is 18.9 Å². The lowest BCUT2D eigenvalue weighted by atomic mass is 9.82. The maximum absolute atomic E-state index is 14.0. The van der Waals surface area contributed by atoms with Crippen LogP contribution >= 0.6 is 22.6 Å². The van der Waals surface area contributed by atoms with E-state index in [4.69, 9.17) is 4.74 Å². The lowest BCUT2D eigenvalue weighted by Crippen LogP contribution is -2.45. The molecule has 7 heteroatoms. The molecule has 0 saturated carbocycles. The van der Waals surface area contributed by atoms with Gasteiger partial charge in [-0.05, 0) is 72.4 Å². The van der Waals surface area contributed by atoms with Crippen molar-refractivity contribution in [2.75, 3.05) is 11.5 Å². The minimum absolute atomic E-state index is 0.0375. The third-order valence-corrected chi connectivity index (χ3v) is 9.46. The topological polar surface area (TPSA) is 70.0 Å². The van der Waals surface area contributed by atoms with Crippen LogP contribution in [0.2, 0.25) is 18.6 Å². The number of hydrogen-bond acceptors (Lipinski definition) is 4. The van der Waals surface area contributed by atoms with Crippen molar-refractivity contribution >= 4 is 48.2 Å². The molecule has 1 saturated heterocycles. The molecule has 1 spiro atoms. The minimum atomic E-state index is -2.66. The molecule has 1 fully saturated rings. The Morgan fingerprint density at radius 3 is 2.52 bits per heavy atom. The summed E-state index contributed by atoms with van der Waals surface area (Å²) in [5, 5.41) is 9.62. The lowest BCUT2D eigenvalue weighted by Gasteiger charge is -2.32. The summed E-state index contributed by atoms with van der Waals surface area (Å²) in [5.74, 6) is -0.319. The molecular formula is C22H26INO4Si. The summed E-state index contributed by atoms with van der Waals surface area (Å²) in [6.45, 7) is 5.77. The van der Waals surface area contributed by atoms with Crippen molar-refractivity contribution in [3.05, 3.63) is 57.7 Å². The van der Waals surface area contributed by atoms with Gasteiger partial charge in [0.2, 0.25) is 0 Å². The summed E-state index contributed by atoms with van der Waals surface area (Å²) in [4.78, 5) is 26.8. The van der Waals surface area contributed by atoms with E-state index < -0.39 is 13.9 Å². The predicted molar refractivity (Wildman–Crippen MR) is 124 cm³/mol. The highest BCUT2D eigenvalue weighted by molar-refractivity contribution is 14.1. The van der Waals surface area contributed by atoms with E-state index in [-0.39, 0.29) is 30.1 Å². The lowest BCUT2D eigenvalue weighted by molar-refractivity contribution is -0.145. The molecule has 2 heterocycles. The highest BCUT2D eigenvalue weighted by atomic mass is 127. The second kappa shape index (κ2) is 7.46. The summed E-state index contributed by atoms with van der Waals surface area (Å²) in [6.07, 6.45) is 0.0538. The monoisotopic (exact) mass is 523 g/mol. The van der Waals surface area contributed by atoms with Crippen LogP contribution in [0, 0.1) is 9.49 Å². The number of rotatable bonds is 4. The number of benzene rings is 2. The number of carbonyl (C=O) groups is 1. The Balaban J connectivity index is 1.92. The van der Waals surface area contributed by atoms with E-state index >= 15 is 0 Å². The van der Waals surface area contributed by atoms with Gasteiger partial charge >= 0.3 is 0 Å². The number of fused-ring (bicyclic) bond motifs is 2. The Morgan fingerprint density at radius 2 is 1.90 bits per heavy atom. The van der Waals surface area contributed by atoms with E-state index in [9.17, 15) is 14.7 Å². The molecule has 154 valence electrons. The van der Waals surface area contributed by atoms with Crippen LogP contribution in [-0.4, -0.2) is 36.8 Å². The Labute approximate surface area is 186 Å². The van der Waals surface area contributed by atoms with E-state index in [1.165, 1.54) is 0 Å². The standard InChI is InChI=1S/C22H26INO4Si/c1-14-20(29(2,3)27)19(11-12-25)28-22(14)17-13-15(23)9-10-18(17)24(21(22)26)16-7-5-4-6-8-16/h4-10,13-14,19-20,25,27H,11-12H2,1-3H3/t14-,19+,20-,22+/m1/s1. The van der Waals surface area contributed by atoms with E-state index in [1.807, 2.05) is 68.5 Å². The highest BCUT2D eigenvalue weighted by Crippen LogP contribution is 2.60. The normalized spacial score (nSPS) is 29.0. The summed E-state index contributed by atoms with van der Waals surface area (Å²) >= 11 is 2.26. The first-order valence-corrected chi connectivity index (χ1v) is 14.0. The van der Waals surface area contributed by atoms with Crippen LogP contribution in [0.15, 0.2) is 48.5 Å². The van der Waals surface area contributed by atoms with Gasteiger partial charge in [0.15, 0.2) is 13.9 Å².